The van der Waals surface area contributed by atoms with Crippen LogP contribution in [0.5, 0.6) is 0 Å². The van der Waals surface area contributed by atoms with Crippen molar-refractivity contribution in [3.8, 4) is 11.1 Å². The first-order chi connectivity index (χ1) is 16.3. The number of carboxylic acid groups (broad SMARTS) is 1. The smallest absolute Gasteiger partial charge is 0.407 e. The molecular weight excluding hydrogens is 571 g/mol. The van der Waals surface area contributed by atoms with Gasteiger partial charge in [0.05, 0.1) is 17.1 Å². The quantitative estimate of drug-likeness (QED) is 0.326. The molecular formula is C25H20ClIN2O5. The van der Waals surface area contributed by atoms with Crippen molar-refractivity contribution in [2.24, 2.45) is 0 Å². The summed E-state index contributed by atoms with van der Waals surface area (Å²) < 4.78 is 6.27. The van der Waals surface area contributed by atoms with Crippen molar-refractivity contribution in [2.75, 3.05) is 11.9 Å². The van der Waals surface area contributed by atoms with Gasteiger partial charge in [0.2, 0.25) is 5.91 Å². The third-order valence-corrected chi connectivity index (χ3v) is 6.52. The number of benzene rings is 3. The van der Waals surface area contributed by atoms with Gasteiger partial charge >= 0.3 is 12.1 Å². The Balaban J connectivity index is 1.44. The molecule has 174 valence electrons. The highest BCUT2D eigenvalue weighted by Gasteiger charge is 2.30. The van der Waals surface area contributed by atoms with E-state index in [1.165, 1.54) is 0 Å². The number of rotatable bonds is 7. The van der Waals surface area contributed by atoms with Gasteiger partial charge < -0.3 is 20.5 Å². The Labute approximate surface area is 214 Å². The molecule has 0 spiro atoms. The molecule has 0 radical (unpaired) electrons. The van der Waals surface area contributed by atoms with Gasteiger partial charge in [0.15, 0.2) is 0 Å². The molecule has 0 saturated heterocycles. The highest BCUT2D eigenvalue weighted by molar-refractivity contribution is 14.1. The minimum atomic E-state index is -1.35. The third kappa shape index (κ3) is 5.34. The Morgan fingerprint density at radius 3 is 2.24 bits per heavy atom. The summed E-state index contributed by atoms with van der Waals surface area (Å²) >= 11 is 8.18. The number of halogens is 2. The molecule has 1 aliphatic carbocycles. The molecule has 4 rings (SSSR count). The van der Waals surface area contributed by atoms with E-state index in [0.29, 0.717) is 10.7 Å². The molecule has 1 atom stereocenters. The average Bonchev–Trinajstić information content (AvgIpc) is 3.13. The average molecular weight is 591 g/mol. The summed E-state index contributed by atoms with van der Waals surface area (Å²) in [5, 5.41) is 14.5. The van der Waals surface area contributed by atoms with Crippen LogP contribution < -0.4 is 10.6 Å². The van der Waals surface area contributed by atoms with Crippen LogP contribution in [0.4, 0.5) is 10.5 Å². The van der Waals surface area contributed by atoms with Crippen molar-refractivity contribution < 1.29 is 24.2 Å². The molecule has 3 aromatic carbocycles. The van der Waals surface area contributed by atoms with Crippen molar-refractivity contribution in [3.63, 3.8) is 0 Å². The Morgan fingerprint density at radius 1 is 1.00 bits per heavy atom. The maximum absolute atomic E-state index is 12.7. The highest BCUT2D eigenvalue weighted by atomic mass is 127. The Kier molecular flexibility index (Phi) is 7.38. The molecule has 0 aliphatic heterocycles. The molecule has 2 amide bonds. The zero-order valence-corrected chi connectivity index (χ0v) is 20.7. The van der Waals surface area contributed by atoms with Crippen LogP contribution in [0.1, 0.15) is 23.5 Å². The van der Waals surface area contributed by atoms with Crippen molar-refractivity contribution in [1.29, 1.82) is 0 Å². The minimum absolute atomic E-state index is 0.0456. The normalized spacial score (nSPS) is 12.9. The number of alkyl carbamates (subject to hydrolysis) is 1. The monoisotopic (exact) mass is 590 g/mol. The predicted molar refractivity (Wildman–Crippen MR) is 137 cm³/mol. The molecule has 34 heavy (non-hydrogen) atoms. The Hall–Kier alpha value is -3.11. The Morgan fingerprint density at radius 2 is 1.62 bits per heavy atom. The molecule has 3 aromatic rings. The number of hydrogen-bond donors (Lipinski definition) is 3. The van der Waals surface area contributed by atoms with Gasteiger partial charge in [0, 0.05) is 9.49 Å². The lowest BCUT2D eigenvalue weighted by atomic mass is 9.98. The fourth-order valence-corrected chi connectivity index (χ4v) is 4.64. The molecule has 0 aromatic heterocycles. The molecule has 9 heteroatoms. The maximum atomic E-state index is 12.7. The first kappa shape index (κ1) is 24.0. The lowest BCUT2D eigenvalue weighted by Crippen LogP contribution is -2.45. The molecule has 7 nitrogen and oxygen atoms in total. The van der Waals surface area contributed by atoms with E-state index in [1.807, 2.05) is 48.5 Å². The van der Waals surface area contributed by atoms with Crippen LogP contribution in [0, 0.1) is 3.57 Å². The summed E-state index contributed by atoms with van der Waals surface area (Å²) in [6, 6.07) is 19.5. The van der Waals surface area contributed by atoms with Crippen LogP contribution in [0.15, 0.2) is 66.7 Å². The first-order valence-electron chi connectivity index (χ1n) is 10.4. The van der Waals surface area contributed by atoms with Crippen LogP contribution in [-0.4, -0.2) is 35.7 Å². The van der Waals surface area contributed by atoms with E-state index in [0.717, 1.165) is 25.8 Å². The van der Waals surface area contributed by atoms with Crippen molar-refractivity contribution in [3.05, 3.63) is 86.4 Å². The van der Waals surface area contributed by atoms with E-state index >= 15 is 0 Å². The van der Waals surface area contributed by atoms with E-state index in [-0.39, 0.29) is 12.5 Å². The summed E-state index contributed by atoms with van der Waals surface area (Å²) in [5.41, 5.74) is 4.59. The summed E-state index contributed by atoms with van der Waals surface area (Å²) in [7, 11) is 0. The number of carbonyl (C=O) groups excluding carboxylic acids is 2. The molecule has 3 N–H and O–H groups in total. The number of aliphatic carboxylic acids is 1. The number of carbonyl (C=O) groups is 3. The predicted octanol–water partition coefficient (Wildman–Crippen LogP) is 5.27. The van der Waals surface area contributed by atoms with E-state index in [4.69, 9.17) is 16.3 Å². The largest absolute Gasteiger partial charge is 0.481 e. The minimum Gasteiger partial charge on any atom is -0.481 e. The van der Waals surface area contributed by atoms with E-state index in [1.54, 1.807) is 18.2 Å². The second-order valence-electron chi connectivity index (χ2n) is 7.73. The van der Waals surface area contributed by atoms with E-state index in [2.05, 4.69) is 33.2 Å². The fourth-order valence-electron chi connectivity index (χ4n) is 3.98. The zero-order chi connectivity index (χ0) is 24.2. The number of amides is 2. The lowest BCUT2D eigenvalue weighted by Gasteiger charge is -2.19. The lowest BCUT2D eigenvalue weighted by molar-refractivity contribution is -0.139. The van der Waals surface area contributed by atoms with Crippen molar-refractivity contribution >= 4 is 57.8 Å². The van der Waals surface area contributed by atoms with Gasteiger partial charge in [0.25, 0.3) is 0 Å². The molecule has 0 bridgehead atoms. The van der Waals surface area contributed by atoms with Gasteiger partial charge in [-0.25, -0.2) is 4.79 Å². The molecule has 0 saturated carbocycles. The zero-order valence-electron chi connectivity index (χ0n) is 17.8. The SMILES string of the molecule is O=C(O)CC(NC(=O)OCC1c2ccccc2-c2ccccc21)C(=O)Nc1cc(I)ccc1Cl. The third-order valence-electron chi connectivity index (χ3n) is 5.52. The summed E-state index contributed by atoms with van der Waals surface area (Å²) in [5.74, 6) is -2.11. The topological polar surface area (TPSA) is 105 Å². The Bertz CT molecular complexity index is 1220. The van der Waals surface area contributed by atoms with E-state index in [9.17, 15) is 19.5 Å². The standard InChI is InChI=1S/C25H20ClIN2O5/c26-20-10-9-14(27)11-21(20)28-24(32)22(12-23(30)31)29-25(33)34-13-19-17-7-3-1-5-15(17)16-6-2-4-8-18(16)19/h1-11,19,22H,12-13H2,(H,28,32)(H,29,33)(H,30,31). The van der Waals surface area contributed by atoms with Crippen LogP contribution in [0.25, 0.3) is 11.1 Å². The molecule has 0 fully saturated rings. The molecule has 1 aliphatic rings. The number of carboxylic acids is 1. The van der Waals surface area contributed by atoms with Gasteiger partial charge in [-0.3, -0.25) is 9.59 Å². The van der Waals surface area contributed by atoms with Gasteiger partial charge in [-0.2, -0.15) is 0 Å². The molecule has 1 unspecified atom stereocenters. The van der Waals surface area contributed by atoms with Crippen LogP contribution in [0.3, 0.4) is 0 Å². The van der Waals surface area contributed by atoms with Gasteiger partial charge in [0.1, 0.15) is 12.6 Å². The van der Waals surface area contributed by atoms with Crippen LogP contribution in [0.2, 0.25) is 5.02 Å². The van der Waals surface area contributed by atoms with Gasteiger partial charge in [-0.1, -0.05) is 60.1 Å². The number of hydrogen-bond acceptors (Lipinski definition) is 4. The number of ether oxygens (including phenoxy) is 1. The fraction of sp³-hybridized carbons (Fsp3) is 0.160. The summed E-state index contributed by atoms with van der Waals surface area (Å²) in [6.07, 6.45) is -1.49. The highest BCUT2D eigenvalue weighted by Crippen LogP contribution is 2.44. The number of nitrogens with one attached hydrogen (secondary N) is 2. The van der Waals surface area contributed by atoms with Gasteiger partial charge in [-0.15, -0.1) is 0 Å². The first-order valence-corrected chi connectivity index (χ1v) is 11.9. The van der Waals surface area contributed by atoms with Crippen molar-refractivity contribution in [2.45, 2.75) is 18.4 Å². The second kappa shape index (κ2) is 10.4. The number of anilines is 1. The second-order valence-corrected chi connectivity index (χ2v) is 9.39. The molecule has 0 heterocycles. The van der Waals surface area contributed by atoms with Crippen LogP contribution in [-0.2, 0) is 14.3 Å². The number of fused-ring (bicyclic) bond motifs is 3. The maximum Gasteiger partial charge on any atom is 0.407 e. The van der Waals surface area contributed by atoms with Crippen molar-refractivity contribution in [1.82, 2.24) is 5.32 Å². The van der Waals surface area contributed by atoms with Gasteiger partial charge in [-0.05, 0) is 63.0 Å². The summed E-state index contributed by atoms with van der Waals surface area (Å²) in [4.78, 5) is 36.6. The van der Waals surface area contributed by atoms with Crippen LogP contribution >= 0.6 is 34.2 Å². The van der Waals surface area contributed by atoms with E-state index < -0.39 is 30.4 Å². The summed E-state index contributed by atoms with van der Waals surface area (Å²) in [6.45, 7) is 0.0456.